The Morgan fingerprint density at radius 3 is 2.84 bits per heavy atom. The highest BCUT2D eigenvalue weighted by atomic mass is 32.1. The molecule has 1 aromatic rings. The van der Waals surface area contributed by atoms with Gasteiger partial charge in [0.15, 0.2) is 0 Å². The molecule has 1 amide bonds. The van der Waals surface area contributed by atoms with Crippen LogP contribution in [0.15, 0.2) is 12.1 Å². The van der Waals surface area contributed by atoms with E-state index in [1.165, 1.54) is 7.11 Å². The summed E-state index contributed by atoms with van der Waals surface area (Å²) in [4.78, 5) is 24.3. The molecule has 1 aromatic heterocycles. The Hall–Kier alpha value is -1.40. The molecule has 1 fully saturated rings. The molecule has 0 aromatic carbocycles. The van der Waals surface area contributed by atoms with Crippen LogP contribution in [-0.2, 0) is 9.47 Å². The van der Waals surface area contributed by atoms with Crippen LogP contribution in [0.1, 0.15) is 39.1 Å². The molecule has 1 N–H and O–H groups in total. The van der Waals surface area contributed by atoms with Gasteiger partial charge >= 0.3 is 5.97 Å². The molecule has 5 nitrogen and oxygen atoms in total. The molecule has 19 heavy (non-hydrogen) atoms. The summed E-state index contributed by atoms with van der Waals surface area (Å²) in [6.07, 6.45) is 2.10. The van der Waals surface area contributed by atoms with Gasteiger partial charge in [0.05, 0.1) is 24.1 Å². The number of hydrogen-bond acceptors (Lipinski definition) is 5. The monoisotopic (exact) mass is 283 g/mol. The Labute approximate surface area is 115 Å². The number of methoxy groups -OCH3 is 1. The van der Waals surface area contributed by atoms with Crippen LogP contribution < -0.4 is 5.32 Å². The molecule has 2 rings (SSSR count). The molecule has 0 bridgehead atoms. The van der Waals surface area contributed by atoms with E-state index in [9.17, 15) is 9.59 Å². The lowest BCUT2D eigenvalue weighted by Gasteiger charge is -2.19. The average Bonchev–Trinajstić information content (AvgIpc) is 3.08. The van der Waals surface area contributed by atoms with E-state index in [0.717, 1.165) is 30.8 Å². The van der Waals surface area contributed by atoms with Crippen molar-refractivity contribution in [3.05, 3.63) is 21.9 Å². The number of nitrogens with one attached hydrogen (secondary N) is 1. The van der Waals surface area contributed by atoms with Crippen LogP contribution in [0.5, 0.6) is 0 Å². The number of amides is 1. The fourth-order valence-corrected chi connectivity index (χ4v) is 2.87. The van der Waals surface area contributed by atoms with Gasteiger partial charge in [-0.25, -0.2) is 4.79 Å². The molecule has 104 valence electrons. The van der Waals surface area contributed by atoms with Crippen LogP contribution in [0.4, 0.5) is 0 Å². The van der Waals surface area contributed by atoms with Gasteiger partial charge in [-0.15, -0.1) is 11.3 Å². The smallest absolute Gasteiger partial charge is 0.348 e. The first-order valence-electron chi connectivity index (χ1n) is 6.22. The van der Waals surface area contributed by atoms with Crippen molar-refractivity contribution in [1.82, 2.24) is 5.32 Å². The Kier molecular flexibility index (Phi) is 4.55. The zero-order valence-corrected chi connectivity index (χ0v) is 11.8. The maximum atomic E-state index is 12.0. The van der Waals surface area contributed by atoms with Gasteiger partial charge in [-0.3, -0.25) is 4.79 Å². The summed E-state index contributed by atoms with van der Waals surface area (Å²) in [6, 6.07) is 3.20. The third kappa shape index (κ3) is 3.33. The van der Waals surface area contributed by atoms with E-state index in [2.05, 4.69) is 10.1 Å². The Morgan fingerprint density at radius 1 is 1.47 bits per heavy atom. The number of carbonyl (C=O) groups is 2. The zero-order valence-electron chi connectivity index (χ0n) is 11.0. The molecule has 2 atom stereocenters. The first kappa shape index (κ1) is 14.0. The number of hydrogen-bond donors (Lipinski definition) is 1. The molecule has 2 heterocycles. The summed E-state index contributed by atoms with van der Waals surface area (Å²) in [5.41, 5.74) is 0. The number of thiophene rings is 1. The van der Waals surface area contributed by atoms with Crippen molar-refractivity contribution in [3.8, 4) is 0 Å². The lowest BCUT2D eigenvalue weighted by Crippen LogP contribution is -2.40. The quantitative estimate of drug-likeness (QED) is 0.856. The van der Waals surface area contributed by atoms with E-state index >= 15 is 0 Å². The van der Waals surface area contributed by atoms with Gasteiger partial charge in [-0.2, -0.15) is 0 Å². The van der Waals surface area contributed by atoms with Crippen LogP contribution in [-0.4, -0.2) is 37.7 Å². The molecule has 0 unspecified atom stereocenters. The fourth-order valence-electron chi connectivity index (χ4n) is 2.04. The number of esters is 1. The Balaban J connectivity index is 1.95. The second kappa shape index (κ2) is 6.16. The summed E-state index contributed by atoms with van der Waals surface area (Å²) >= 11 is 1.13. The third-order valence-corrected chi connectivity index (χ3v) is 4.16. The van der Waals surface area contributed by atoms with Crippen LogP contribution in [0.2, 0.25) is 0 Å². The highest BCUT2D eigenvalue weighted by Gasteiger charge is 2.24. The largest absolute Gasteiger partial charge is 0.465 e. The molecule has 0 saturated carbocycles. The molecule has 1 aliphatic rings. The lowest BCUT2D eigenvalue weighted by molar-refractivity contribution is 0.0606. The summed E-state index contributed by atoms with van der Waals surface area (Å²) in [7, 11) is 1.32. The van der Waals surface area contributed by atoms with Gasteiger partial charge in [0.25, 0.3) is 5.91 Å². The zero-order chi connectivity index (χ0) is 13.8. The normalized spacial score (nSPS) is 20.0. The van der Waals surface area contributed by atoms with Crippen molar-refractivity contribution in [2.75, 3.05) is 13.7 Å². The second-order valence-electron chi connectivity index (χ2n) is 4.47. The molecule has 0 spiro atoms. The molecular formula is C13H17NO4S. The molecular weight excluding hydrogens is 266 g/mol. The minimum Gasteiger partial charge on any atom is -0.465 e. The SMILES string of the molecule is COC(=O)c1ccc(C(=O)N[C@@H](C)[C@H]2CCCO2)s1. The molecule has 6 heteroatoms. The summed E-state index contributed by atoms with van der Waals surface area (Å²) in [5, 5.41) is 2.90. The molecule has 0 radical (unpaired) electrons. The minimum absolute atomic E-state index is 0.0290. The van der Waals surface area contributed by atoms with Crippen molar-refractivity contribution in [2.24, 2.45) is 0 Å². The van der Waals surface area contributed by atoms with E-state index in [1.54, 1.807) is 12.1 Å². The fraction of sp³-hybridized carbons (Fsp3) is 0.538. The van der Waals surface area contributed by atoms with Crippen LogP contribution in [0, 0.1) is 0 Å². The van der Waals surface area contributed by atoms with Crippen molar-refractivity contribution in [1.29, 1.82) is 0 Å². The molecule has 1 aliphatic heterocycles. The average molecular weight is 283 g/mol. The van der Waals surface area contributed by atoms with Gasteiger partial charge in [0.1, 0.15) is 4.88 Å². The van der Waals surface area contributed by atoms with Gasteiger partial charge < -0.3 is 14.8 Å². The highest BCUT2D eigenvalue weighted by Crippen LogP contribution is 2.19. The standard InChI is InChI=1S/C13H17NO4S/c1-8(9-4-3-7-18-9)14-12(15)10-5-6-11(19-10)13(16)17-2/h5-6,8-9H,3-4,7H2,1-2H3,(H,14,15)/t8-,9+/m0/s1. The summed E-state index contributed by atoms with van der Waals surface area (Å²) in [5.74, 6) is -0.598. The molecule has 0 aliphatic carbocycles. The predicted molar refractivity (Wildman–Crippen MR) is 71.6 cm³/mol. The Morgan fingerprint density at radius 2 is 2.21 bits per heavy atom. The lowest BCUT2D eigenvalue weighted by atomic mass is 10.1. The van der Waals surface area contributed by atoms with E-state index in [4.69, 9.17) is 4.74 Å². The second-order valence-corrected chi connectivity index (χ2v) is 5.55. The third-order valence-electron chi connectivity index (χ3n) is 3.10. The number of ether oxygens (including phenoxy) is 2. The van der Waals surface area contributed by atoms with Crippen molar-refractivity contribution >= 4 is 23.2 Å². The van der Waals surface area contributed by atoms with Crippen LogP contribution in [0.3, 0.4) is 0 Å². The van der Waals surface area contributed by atoms with E-state index < -0.39 is 5.97 Å². The first-order chi connectivity index (χ1) is 9.11. The summed E-state index contributed by atoms with van der Waals surface area (Å²) in [6.45, 7) is 2.69. The van der Waals surface area contributed by atoms with Crippen molar-refractivity contribution in [2.45, 2.75) is 31.9 Å². The predicted octanol–water partition coefficient (Wildman–Crippen LogP) is 1.83. The van der Waals surface area contributed by atoms with Gasteiger partial charge in [-0.1, -0.05) is 0 Å². The van der Waals surface area contributed by atoms with Gasteiger partial charge in [-0.05, 0) is 31.9 Å². The maximum absolute atomic E-state index is 12.0. The van der Waals surface area contributed by atoms with Crippen molar-refractivity contribution in [3.63, 3.8) is 0 Å². The van der Waals surface area contributed by atoms with E-state index in [1.807, 2.05) is 6.92 Å². The minimum atomic E-state index is -0.420. The highest BCUT2D eigenvalue weighted by molar-refractivity contribution is 7.15. The number of rotatable bonds is 4. The van der Waals surface area contributed by atoms with Gasteiger partial charge in [0.2, 0.25) is 0 Å². The molecule has 1 saturated heterocycles. The van der Waals surface area contributed by atoms with E-state index in [0.29, 0.717) is 9.75 Å². The Bertz CT molecular complexity index is 465. The van der Waals surface area contributed by atoms with Crippen molar-refractivity contribution < 1.29 is 19.1 Å². The number of carbonyl (C=O) groups excluding carboxylic acids is 2. The van der Waals surface area contributed by atoms with E-state index in [-0.39, 0.29) is 18.1 Å². The van der Waals surface area contributed by atoms with Gasteiger partial charge in [0, 0.05) is 6.61 Å². The maximum Gasteiger partial charge on any atom is 0.348 e. The van der Waals surface area contributed by atoms with Crippen LogP contribution >= 0.6 is 11.3 Å². The first-order valence-corrected chi connectivity index (χ1v) is 7.04. The topological polar surface area (TPSA) is 64.6 Å². The van der Waals surface area contributed by atoms with Crippen LogP contribution in [0.25, 0.3) is 0 Å². The summed E-state index contributed by atoms with van der Waals surface area (Å²) < 4.78 is 10.1.